The lowest BCUT2D eigenvalue weighted by atomic mass is 9.96. The predicted molar refractivity (Wildman–Crippen MR) is 93.5 cm³/mol. The molecule has 1 amide bonds. The summed E-state index contributed by atoms with van der Waals surface area (Å²) < 4.78 is 0.866. The number of hydrogen-bond acceptors (Lipinski definition) is 5. The molecule has 0 spiro atoms. The fraction of sp³-hybridized carbons (Fsp3) is 0.438. The van der Waals surface area contributed by atoms with Gasteiger partial charge in [-0.1, -0.05) is 67.6 Å². The van der Waals surface area contributed by atoms with Gasteiger partial charge in [0.05, 0.1) is 0 Å². The van der Waals surface area contributed by atoms with Gasteiger partial charge in [0.15, 0.2) is 4.34 Å². The van der Waals surface area contributed by atoms with Crippen LogP contribution >= 0.6 is 23.1 Å². The summed E-state index contributed by atoms with van der Waals surface area (Å²) in [4.78, 5) is 11.9. The summed E-state index contributed by atoms with van der Waals surface area (Å²) in [6.45, 7) is 9.84. The van der Waals surface area contributed by atoms with Crippen LogP contribution in [0.3, 0.4) is 0 Å². The number of amides is 1. The molecule has 1 aromatic heterocycles. The van der Waals surface area contributed by atoms with Gasteiger partial charge in [-0.05, 0) is 25.0 Å². The quantitative estimate of drug-likeness (QED) is 0.663. The zero-order chi connectivity index (χ0) is 16.3. The topological polar surface area (TPSA) is 54.9 Å². The van der Waals surface area contributed by atoms with E-state index in [9.17, 15) is 4.79 Å². The molecule has 0 aliphatic rings. The van der Waals surface area contributed by atoms with Gasteiger partial charge in [0.2, 0.25) is 11.0 Å². The largest absolute Gasteiger partial charge is 0.300 e. The predicted octanol–water partition coefficient (Wildman–Crippen LogP) is 4.43. The number of carbonyl (C=O) groups excluding carboxylic acids is 1. The molecule has 0 unspecified atom stereocenters. The molecule has 1 aromatic carbocycles. The molecular weight excluding hydrogens is 314 g/mol. The van der Waals surface area contributed by atoms with Crippen molar-refractivity contribution in [1.29, 1.82) is 0 Å². The van der Waals surface area contributed by atoms with Crippen molar-refractivity contribution in [3.05, 3.63) is 34.9 Å². The van der Waals surface area contributed by atoms with Crippen LogP contribution in [-0.2, 0) is 10.5 Å². The minimum absolute atomic E-state index is 0.0465. The van der Waals surface area contributed by atoms with E-state index in [0.29, 0.717) is 5.13 Å². The van der Waals surface area contributed by atoms with Crippen LogP contribution in [0.1, 0.15) is 37.5 Å². The summed E-state index contributed by atoms with van der Waals surface area (Å²) in [6.07, 6.45) is 0. The summed E-state index contributed by atoms with van der Waals surface area (Å²) in [5.41, 5.74) is 3.42. The van der Waals surface area contributed by atoms with Crippen LogP contribution < -0.4 is 5.32 Å². The van der Waals surface area contributed by atoms with Gasteiger partial charge in [0, 0.05) is 11.2 Å². The van der Waals surface area contributed by atoms with E-state index in [4.69, 9.17) is 0 Å². The zero-order valence-electron chi connectivity index (χ0n) is 13.6. The molecule has 6 heteroatoms. The number of benzene rings is 1. The molecule has 0 radical (unpaired) electrons. The van der Waals surface area contributed by atoms with Gasteiger partial charge in [0.25, 0.3) is 0 Å². The smallest absolute Gasteiger partial charge is 0.231 e. The number of nitrogens with zero attached hydrogens (tertiary/aromatic N) is 2. The third kappa shape index (κ3) is 4.55. The van der Waals surface area contributed by atoms with E-state index in [2.05, 4.69) is 47.6 Å². The van der Waals surface area contributed by atoms with Crippen LogP contribution in [0.15, 0.2) is 22.5 Å². The maximum atomic E-state index is 11.9. The van der Waals surface area contributed by atoms with E-state index in [1.54, 1.807) is 11.8 Å². The van der Waals surface area contributed by atoms with Gasteiger partial charge < -0.3 is 5.32 Å². The van der Waals surface area contributed by atoms with Gasteiger partial charge in [-0.15, -0.1) is 10.2 Å². The van der Waals surface area contributed by atoms with Crippen molar-refractivity contribution in [3.8, 4) is 0 Å². The summed E-state index contributed by atoms with van der Waals surface area (Å²) in [5.74, 6) is 0.810. The molecule has 4 nitrogen and oxygen atoms in total. The standard InChI is InChI=1S/C16H21N3OS2/c1-10-6-7-11(2)12(8-10)9-21-15-19-18-14(22-15)17-13(20)16(3,4)5/h6-8H,9H2,1-5H3,(H,17,18,20). The molecule has 0 saturated carbocycles. The first-order chi connectivity index (χ1) is 10.3. The molecule has 0 atom stereocenters. The Labute approximate surface area is 139 Å². The van der Waals surface area contributed by atoms with E-state index in [0.717, 1.165) is 10.1 Å². The second-order valence-corrected chi connectivity index (χ2v) is 8.50. The van der Waals surface area contributed by atoms with Crippen LogP contribution in [0.2, 0.25) is 0 Å². The summed E-state index contributed by atoms with van der Waals surface area (Å²) in [5, 5.41) is 11.5. The minimum Gasteiger partial charge on any atom is -0.300 e. The number of carbonyl (C=O) groups is 1. The zero-order valence-corrected chi connectivity index (χ0v) is 15.2. The lowest BCUT2D eigenvalue weighted by molar-refractivity contribution is -0.123. The first kappa shape index (κ1) is 17.0. The molecule has 0 fully saturated rings. The molecule has 1 heterocycles. The van der Waals surface area contributed by atoms with Crippen molar-refractivity contribution in [1.82, 2.24) is 10.2 Å². The van der Waals surface area contributed by atoms with Crippen molar-refractivity contribution in [3.63, 3.8) is 0 Å². The second-order valence-electron chi connectivity index (χ2n) is 6.30. The third-order valence-corrected chi connectivity index (χ3v) is 5.18. The maximum absolute atomic E-state index is 11.9. The van der Waals surface area contributed by atoms with E-state index < -0.39 is 5.41 Å². The Balaban J connectivity index is 1.98. The summed E-state index contributed by atoms with van der Waals surface area (Å²) >= 11 is 3.06. The first-order valence-corrected chi connectivity index (χ1v) is 8.90. The third-order valence-electron chi connectivity index (χ3n) is 3.16. The average molecular weight is 335 g/mol. The van der Waals surface area contributed by atoms with Gasteiger partial charge in [-0.2, -0.15) is 0 Å². The Morgan fingerprint density at radius 2 is 2.00 bits per heavy atom. The van der Waals surface area contributed by atoms with Gasteiger partial charge >= 0.3 is 0 Å². The van der Waals surface area contributed by atoms with Gasteiger partial charge in [-0.3, -0.25) is 4.79 Å². The number of nitrogens with one attached hydrogen (secondary N) is 1. The van der Waals surface area contributed by atoms with Crippen molar-refractivity contribution in [2.24, 2.45) is 5.41 Å². The number of anilines is 1. The van der Waals surface area contributed by atoms with E-state index in [1.165, 1.54) is 28.0 Å². The first-order valence-electron chi connectivity index (χ1n) is 7.09. The summed E-state index contributed by atoms with van der Waals surface area (Å²) in [7, 11) is 0. The molecule has 2 rings (SSSR count). The fourth-order valence-corrected chi connectivity index (χ4v) is 3.51. The molecule has 0 bridgehead atoms. The highest BCUT2D eigenvalue weighted by atomic mass is 32.2. The molecule has 1 N–H and O–H groups in total. The number of aryl methyl sites for hydroxylation is 2. The highest BCUT2D eigenvalue weighted by Crippen LogP contribution is 2.30. The highest BCUT2D eigenvalue weighted by molar-refractivity contribution is 8.00. The van der Waals surface area contributed by atoms with Crippen molar-refractivity contribution in [2.75, 3.05) is 5.32 Å². The van der Waals surface area contributed by atoms with E-state index in [-0.39, 0.29) is 5.91 Å². The van der Waals surface area contributed by atoms with Crippen molar-refractivity contribution >= 4 is 34.1 Å². The number of thioether (sulfide) groups is 1. The number of aromatic nitrogens is 2. The molecule has 2 aromatic rings. The van der Waals surface area contributed by atoms with Crippen LogP contribution in [0, 0.1) is 19.3 Å². The minimum atomic E-state index is -0.433. The molecule has 22 heavy (non-hydrogen) atoms. The Kier molecular flexibility index (Phi) is 5.24. The van der Waals surface area contributed by atoms with Gasteiger partial charge in [-0.25, -0.2) is 0 Å². The Morgan fingerprint density at radius 3 is 2.68 bits per heavy atom. The second kappa shape index (κ2) is 6.79. The monoisotopic (exact) mass is 335 g/mol. The van der Waals surface area contributed by atoms with Crippen LogP contribution in [0.5, 0.6) is 0 Å². The number of hydrogen-bond donors (Lipinski definition) is 1. The van der Waals surface area contributed by atoms with Crippen LogP contribution in [0.4, 0.5) is 5.13 Å². The van der Waals surface area contributed by atoms with Crippen molar-refractivity contribution < 1.29 is 4.79 Å². The Bertz CT molecular complexity index is 674. The summed E-state index contributed by atoms with van der Waals surface area (Å²) in [6, 6.07) is 6.46. The SMILES string of the molecule is Cc1ccc(C)c(CSc2nnc(NC(=O)C(C)(C)C)s2)c1. The normalized spacial score (nSPS) is 11.5. The molecule has 0 aliphatic carbocycles. The van der Waals surface area contributed by atoms with E-state index in [1.807, 2.05) is 20.8 Å². The highest BCUT2D eigenvalue weighted by Gasteiger charge is 2.22. The Morgan fingerprint density at radius 1 is 1.27 bits per heavy atom. The average Bonchev–Trinajstić information content (AvgIpc) is 2.86. The lowest BCUT2D eigenvalue weighted by Crippen LogP contribution is -2.27. The lowest BCUT2D eigenvalue weighted by Gasteiger charge is -2.15. The van der Waals surface area contributed by atoms with E-state index >= 15 is 0 Å². The van der Waals surface area contributed by atoms with Gasteiger partial charge in [0.1, 0.15) is 0 Å². The van der Waals surface area contributed by atoms with Crippen LogP contribution in [-0.4, -0.2) is 16.1 Å². The maximum Gasteiger partial charge on any atom is 0.231 e. The van der Waals surface area contributed by atoms with Crippen LogP contribution in [0.25, 0.3) is 0 Å². The molecule has 0 aliphatic heterocycles. The van der Waals surface area contributed by atoms with Crippen molar-refractivity contribution in [2.45, 2.75) is 44.7 Å². The molecule has 118 valence electrons. The molecule has 0 saturated heterocycles. The Hall–Kier alpha value is -1.40. The number of rotatable bonds is 4. The fourth-order valence-electron chi connectivity index (χ4n) is 1.70. The molecular formula is C16H21N3OS2.